The Morgan fingerprint density at radius 3 is 2.83 bits per heavy atom. The van der Waals surface area contributed by atoms with Gasteiger partial charge in [-0.15, -0.1) is 0 Å². The second-order valence-corrected chi connectivity index (χ2v) is 5.59. The third-order valence-corrected chi connectivity index (χ3v) is 4.11. The number of pyridine rings is 1. The van der Waals surface area contributed by atoms with Gasteiger partial charge >= 0.3 is 5.97 Å². The van der Waals surface area contributed by atoms with E-state index >= 15 is 0 Å². The van der Waals surface area contributed by atoms with Crippen molar-refractivity contribution in [3.8, 4) is 5.88 Å². The van der Waals surface area contributed by atoms with E-state index < -0.39 is 0 Å². The Bertz CT molecular complexity index is 569. The number of nitrogens with zero attached hydrogens (tertiary/aromatic N) is 3. The smallest absolute Gasteiger partial charge is 0.309 e. The molecule has 0 atom stereocenters. The Kier molecular flexibility index (Phi) is 6.84. The highest BCUT2D eigenvalue weighted by Gasteiger charge is 2.27. The van der Waals surface area contributed by atoms with Gasteiger partial charge in [-0.2, -0.15) is 0 Å². The van der Waals surface area contributed by atoms with E-state index in [4.69, 9.17) is 9.47 Å². The highest BCUT2D eigenvalue weighted by molar-refractivity contribution is 5.80. The first-order valence-corrected chi connectivity index (χ1v) is 8.29. The van der Waals surface area contributed by atoms with Crippen molar-refractivity contribution >= 4 is 11.9 Å². The van der Waals surface area contributed by atoms with E-state index in [0.29, 0.717) is 19.0 Å². The van der Waals surface area contributed by atoms with Crippen molar-refractivity contribution in [1.29, 1.82) is 0 Å². The molecule has 1 aromatic heterocycles. The van der Waals surface area contributed by atoms with Crippen molar-refractivity contribution in [3.63, 3.8) is 0 Å². The van der Waals surface area contributed by atoms with Crippen LogP contribution in [-0.2, 0) is 16.1 Å². The van der Waals surface area contributed by atoms with Gasteiger partial charge in [-0.1, -0.05) is 6.07 Å². The van der Waals surface area contributed by atoms with Crippen molar-refractivity contribution in [1.82, 2.24) is 15.2 Å². The average Bonchev–Trinajstić information content (AvgIpc) is 2.63. The van der Waals surface area contributed by atoms with Crippen LogP contribution in [0.5, 0.6) is 5.88 Å². The molecule has 132 valence electrons. The van der Waals surface area contributed by atoms with Gasteiger partial charge < -0.3 is 19.7 Å². The highest BCUT2D eigenvalue weighted by Crippen LogP contribution is 2.19. The SMILES string of the molecule is CCOC(=O)C1CCN(C(=NC)NCc2cccnc2OC)CC1. The van der Waals surface area contributed by atoms with Gasteiger partial charge in [0.2, 0.25) is 5.88 Å². The van der Waals surface area contributed by atoms with E-state index in [9.17, 15) is 4.79 Å². The quantitative estimate of drug-likeness (QED) is 0.499. The first kappa shape index (κ1) is 18.0. The van der Waals surface area contributed by atoms with Gasteiger partial charge in [-0.3, -0.25) is 9.79 Å². The molecule has 1 saturated heterocycles. The van der Waals surface area contributed by atoms with Crippen molar-refractivity contribution in [2.75, 3.05) is 33.9 Å². The molecule has 0 radical (unpaired) electrons. The van der Waals surface area contributed by atoms with Crippen LogP contribution in [0.2, 0.25) is 0 Å². The minimum absolute atomic E-state index is 0.00211. The Morgan fingerprint density at radius 1 is 1.46 bits per heavy atom. The molecule has 1 aliphatic heterocycles. The lowest BCUT2D eigenvalue weighted by Gasteiger charge is -2.33. The second kappa shape index (κ2) is 9.10. The molecule has 2 rings (SSSR count). The van der Waals surface area contributed by atoms with E-state index in [1.54, 1.807) is 20.4 Å². The predicted octanol–water partition coefficient (Wildman–Crippen LogP) is 1.44. The first-order chi connectivity index (χ1) is 11.7. The third kappa shape index (κ3) is 4.59. The monoisotopic (exact) mass is 334 g/mol. The fourth-order valence-electron chi connectivity index (χ4n) is 2.84. The summed E-state index contributed by atoms with van der Waals surface area (Å²) in [6.45, 7) is 4.43. The molecule has 7 nitrogen and oxygen atoms in total. The average molecular weight is 334 g/mol. The van der Waals surface area contributed by atoms with Crippen LogP contribution in [-0.4, -0.2) is 55.7 Å². The van der Waals surface area contributed by atoms with Crippen LogP contribution in [0.3, 0.4) is 0 Å². The molecule has 0 unspecified atom stereocenters. The van der Waals surface area contributed by atoms with Crippen LogP contribution in [0.1, 0.15) is 25.3 Å². The molecular weight excluding hydrogens is 308 g/mol. The molecule has 0 aromatic carbocycles. The number of ether oxygens (including phenoxy) is 2. The maximum Gasteiger partial charge on any atom is 0.309 e. The number of esters is 1. The van der Waals surface area contributed by atoms with Crippen LogP contribution in [0, 0.1) is 5.92 Å². The van der Waals surface area contributed by atoms with Crippen LogP contribution in [0.25, 0.3) is 0 Å². The summed E-state index contributed by atoms with van der Waals surface area (Å²) >= 11 is 0. The fraction of sp³-hybridized carbons (Fsp3) is 0.588. The number of likely N-dealkylation sites (tertiary alicyclic amines) is 1. The van der Waals surface area contributed by atoms with E-state index in [1.807, 2.05) is 19.1 Å². The van der Waals surface area contributed by atoms with Crippen molar-refractivity contribution in [2.24, 2.45) is 10.9 Å². The second-order valence-electron chi connectivity index (χ2n) is 5.59. The van der Waals surface area contributed by atoms with Gasteiger partial charge in [0.05, 0.1) is 19.6 Å². The zero-order chi connectivity index (χ0) is 17.4. The van der Waals surface area contributed by atoms with Crippen LogP contribution in [0.15, 0.2) is 23.3 Å². The molecule has 7 heteroatoms. The molecule has 1 fully saturated rings. The van der Waals surface area contributed by atoms with E-state index in [-0.39, 0.29) is 11.9 Å². The molecule has 0 saturated carbocycles. The van der Waals surface area contributed by atoms with Crippen molar-refractivity contribution in [2.45, 2.75) is 26.3 Å². The molecule has 1 N–H and O–H groups in total. The molecule has 1 aliphatic rings. The Morgan fingerprint density at radius 2 is 2.21 bits per heavy atom. The number of hydrogen-bond acceptors (Lipinski definition) is 5. The Labute approximate surface area is 143 Å². The number of aliphatic imine (C=N–C) groups is 1. The number of guanidine groups is 1. The predicted molar refractivity (Wildman–Crippen MR) is 91.9 cm³/mol. The molecule has 0 amide bonds. The summed E-state index contributed by atoms with van der Waals surface area (Å²) in [5, 5.41) is 3.34. The van der Waals surface area contributed by atoms with Gasteiger partial charge in [0.15, 0.2) is 5.96 Å². The number of aromatic nitrogens is 1. The number of nitrogens with one attached hydrogen (secondary N) is 1. The largest absolute Gasteiger partial charge is 0.481 e. The minimum Gasteiger partial charge on any atom is -0.481 e. The van der Waals surface area contributed by atoms with E-state index in [2.05, 4.69) is 20.2 Å². The van der Waals surface area contributed by atoms with Gasteiger partial charge in [0.1, 0.15) is 0 Å². The van der Waals surface area contributed by atoms with Gasteiger partial charge in [-0.25, -0.2) is 4.98 Å². The zero-order valence-corrected chi connectivity index (χ0v) is 14.6. The molecule has 24 heavy (non-hydrogen) atoms. The number of carbonyl (C=O) groups excluding carboxylic acids is 1. The number of methoxy groups -OCH3 is 1. The number of piperidine rings is 1. The molecular formula is C17H26N4O3. The summed E-state index contributed by atoms with van der Waals surface area (Å²) in [6.07, 6.45) is 3.28. The summed E-state index contributed by atoms with van der Waals surface area (Å²) in [7, 11) is 3.38. The molecule has 0 spiro atoms. The minimum atomic E-state index is -0.0832. The van der Waals surface area contributed by atoms with Crippen LogP contribution >= 0.6 is 0 Å². The number of rotatable bonds is 5. The van der Waals surface area contributed by atoms with E-state index in [1.165, 1.54) is 0 Å². The maximum atomic E-state index is 11.8. The van der Waals surface area contributed by atoms with Crippen molar-refractivity contribution in [3.05, 3.63) is 23.9 Å². The Hall–Kier alpha value is -2.31. The Balaban J connectivity index is 1.88. The lowest BCUT2D eigenvalue weighted by Crippen LogP contribution is -2.46. The molecule has 1 aromatic rings. The fourth-order valence-corrected chi connectivity index (χ4v) is 2.84. The summed E-state index contributed by atoms with van der Waals surface area (Å²) in [4.78, 5) is 22.5. The lowest BCUT2D eigenvalue weighted by atomic mass is 9.97. The highest BCUT2D eigenvalue weighted by atomic mass is 16.5. The summed E-state index contributed by atoms with van der Waals surface area (Å²) < 4.78 is 10.4. The topological polar surface area (TPSA) is 76.0 Å². The number of hydrogen-bond donors (Lipinski definition) is 1. The van der Waals surface area contributed by atoms with Gasteiger partial charge in [0.25, 0.3) is 0 Å². The maximum absolute atomic E-state index is 11.8. The zero-order valence-electron chi connectivity index (χ0n) is 14.6. The summed E-state index contributed by atoms with van der Waals surface area (Å²) in [5.74, 6) is 1.35. The molecule has 2 heterocycles. The van der Waals surface area contributed by atoms with Crippen LogP contribution in [0.4, 0.5) is 0 Å². The molecule has 0 bridgehead atoms. The summed E-state index contributed by atoms with van der Waals surface area (Å²) in [6, 6.07) is 3.85. The van der Waals surface area contributed by atoms with Crippen molar-refractivity contribution < 1.29 is 14.3 Å². The standard InChI is InChI=1S/C17H26N4O3/c1-4-24-16(22)13-7-10-21(11-8-13)17(18-2)20-12-14-6-5-9-19-15(14)23-3/h5-6,9,13H,4,7-8,10-12H2,1-3H3,(H,18,20). The summed E-state index contributed by atoms with van der Waals surface area (Å²) in [5.41, 5.74) is 0.975. The molecule has 0 aliphatic carbocycles. The third-order valence-electron chi connectivity index (χ3n) is 4.11. The first-order valence-electron chi connectivity index (χ1n) is 8.29. The van der Waals surface area contributed by atoms with E-state index in [0.717, 1.165) is 37.5 Å². The normalized spacial score (nSPS) is 16.0. The van der Waals surface area contributed by atoms with Gasteiger partial charge in [0, 0.05) is 38.4 Å². The number of carbonyl (C=O) groups is 1. The van der Waals surface area contributed by atoms with Crippen LogP contribution < -0.4 is 10.1 Å². The lowest BCUT2D eigenvalue weighted by molar-refractivity contribution is -0.149. The van der Waals surface area contributed by atoms with Gasteiger partial charge in [-0.05, 0) is 25.8 Å².